The second-order valence-electron chi connectivity index (χ2n) is 10.5. The van der Waals surface area contributed by atoms with E-state index < -0.39 is 5.41 Å². The lowest BCUT2D eigenvalue weighted by atomic mass is 9.69. The summed E-state index contributed by atoms with van der Waals surface area (Å²) in [6.45, 7) is 8.41. The first-order valence-electron chi connectivity index (χ1n) is 13.1. The molecule has 3 aromatic rings. The van der Waals surface area contributed by atoms with Crippen LogP contribution in [0.25, 0.3) is 0 Å². The summed E-state index contributed by atoms with van der Waals surface area (Å²) in [6, 6.07) is 25.5. The predicted molar refractivity (Wildman–Crippen MR) is 153 cm³/mol. The molecular weight excluding hydrogens is 496 g/mol. The lowest BCUT2D eigenvalue weighted by Crippen LogP contribution is -2.61. The van der Waals surface area contributed by atoms with Gasteiger partial charge in [0.25, 0.3) is 0 Å². The molecule has 0 atom stereocenters. The standard InChI is InChI=1S/C32H37ClN2O3/c1-4-20-37-28-17-11-12-24(29(28)33)23-38-27-21-35(22-27)31(2,3)18-19-32(30(34)36,25-13-7-5-8-14-25)26-15-9-6-10-16-26/h4-17,20,27H,18-19,21-23H2,1-3H3,(H2,34,36). The number of rotatable bonds is 12. The molecule has 0 aromatic heterocycles. The van der Waals surface area contributed by atoms with Crippen molar-refractivity contribution < 1.29 is 14.3 Å². The van der Waals surface area contributed by atoms with E-state index in [0.29, 0.717) is 23.8 Å². The molecule has 1 aliphatic heterocycles. The summed E-state index contributed by atoms with van der Waals surface area (Å²) >= 11 is 6.51. The second-order valence-corrected chi connectivity index (χ2v) is 10.8. The second kappa shape index (κ2) is 12.2. The van der Waals surface area contributed by atoms with Crippen molar-refractivity contribution >= 4 is 17.5 Å². The number of halogens is 1. The number of amides is 1. The molecule has 0 aliphatic carbocycles. The van der Waals surface area contributed by atoms with Gasteiger partial charge in [-0.3, -0.25) is 9.69 Å². The molecule has 3 aromatic carbocycles. The Morgan fingerprint density at radius 1 is 0.974 bits per heavy atom. The number of hydrogen-bond donors (Lipinski definition) is 1. The maximum absolute atomic E-state index is 13.1. The molecule has 4 rings (SSSR count). The van der Waals surface area contributed by atoms with Crippen molar-refractivity contribution in [1.29, 1.82) is 0 Å². The minimum absolute atomic E-state index is 0.120. The van der Waals surface area contributed by atoms with E-state index in [0.717, 1.165) is 36.2 Å². The highest BCUT2D eigenvalue weighted by Crippen LogP contribution is 2.40. The third kappa shape index (κ3) is 5.96. The van der Waals surface area contributed by atoms with E-state index in [1.54, 1.807) is 6.26 Å². The summed E-state index contributed by atoms with van der Waals surface area (Å²) in [7, 11) is 0. The largest absolute Gasteiger partial charge is 0.464 e. The summed E-state index contributed by atoms with van der Waals surface area (Å²) in [4.78, 5) is 15.5. The van der Waals surface area contributed by atoms with Crippen LogP contribution in [0, 0.1) is 0 Å². The molecule has 0 unspecified atom stereocenters. The number of carbonyl (C=O) groups is 1. The Balaban J connectivity index is 1.40. The van der Waals surface area contributed by atoms with Gasteiger partial charge in [-0.15, -0.1) is 0 Å². The molecule has 0 spiro atoms. The van der Waals surface area contributed by atoms with Crippen LogP contribution in [-0.4, -0.2) is 35.5 Å². The lowest BCUT2D eigenvalue weighted by Gasteiger charge is -2.50. The van der Waals surface area contributed by atoms with Gasteiger partial charge in [0.05, 0.1) is 29.4 Å². The summed E-state index contributed by atoms with van der Waals surface area (Å²) in [6.07, 6.45) is 4.95. The minimum Gasteiger partial charge on any atom is -0.464 e. The molecule has 1 amide bonds. The number of ether oxygens (including phenoxy) is 2. The van der Waals surface area contributed by atoms with Crippen LogP contribution in [0.3, 0.4) is 0 Å². The van der Waals surface area contributed by atoms with Crippen LogP contribution in [0.1, 0.15) is 50.3 Å². The molecule has 1 aliphatic rings. The fourth-order valence-electron chi connectivity index (χ4n) is 5.11. The van der Waals surface area contributed by atoms with E-state index in [-0.39, 0.29) is 17.6 Å². The van der Waals surface area contributed by atoms with Gasteiger partial charge in [-0.25, -0.2) is 0 Å². The van der Waals surface area contributed by atoms with Crippen LogP contribution in [-0.2, 0) is 21.6 Å². The molecule has 1 heterocycles. The molecule has 5 nitrogen and oxygen atoms in total. The fraction of sp³-hybridized carbons (Fsp3) is 0.344. The smallest absolute Gasteiger partial charge is 0.232 e. The van der Waals surface area contributed by atoms with E-state index >= 15 is 0 Å². The molecule has 6 heteroatoms. The van der Waals surface area contributed by atoms with Crippen LogP contribution in [0.15, 0.2) is 91.2 Å². The average molecular weight is 533 g/mol. The van der Waals surface area contributed by atoms with E-state index in [1.807, 2.05) is 91.9 Å². The topological polar surface area (TPSA) is 64.8 Å². The maximum atomic E-state index is 13.1. The Bertz CT molecular complexity index is 1200. The van der Waals surface area contributed by atoms with Crippen LogP contribution in [0.5, 0.6) is 5.75 Å². The lowest BCUT2D eigenvalue weighted by molar-refractivity contribution is -0.123. The highest BCUT2D eigenvalue weighted by atomic mass is 35.5. The predicted octanol–water partition coefficient (Wildman–Crippen LogP) is 6.48. The molecule has 1 fully saturated rings. The van der Waals surface area contributed by atoms with Crippen LogP contribution in [0.4, 0.5) is 0 Å². The van der Waals surface area contributed by atoms with Gasteiger partial charge >= 0.3 is 0 Å². The van der Waals surface area contributed by atoms with Crippen LogP contribution >= 0.6 is 11.6 Å². The first-order valence-corrected chi connectivity index (χ1v) is 13.5. The van der Waals surface area contributed by atoms with Gasteiger partial charge in [0.1, 0.15) is 5.75 Å². The third-order valence-electron chi connectivity index (χ3n) is 7.62. The summed E-state index contributed by atoms with van der Waals surface area (Å²) in [5, 5.41) is 0.576. The van der Waals surface area contributed by atoms with Gasteiger partial charge in [-0.1, -0.05) is 90.5 Å². The Kier molecular flexibility index (Phi) is 8.93. The van der Waals surface area contributed by atoms with Crippen LogP contribution < -0.4 is 10.5 Å². The Morgan fingerprint density at radius 2 is 1.58 bits per heavy atom. The van der Waals surface area contributed by atoms with Crippen molar-refractivity contribution in [3.63, 3.8) is 0 Å². The van der Waals surface area contributed by atoms with Gasteiger partial charge < -0.3 is 15.2 Å². The Labute approximate surface area is 231 Å². The number of nitrogens with zero attached hydrogens (tertiary/aromatic N) is 1. The average Bonchev–Trinajstić information content (AvgIpc) is 2.89. The zero-order valence-corrected chi connectivity index (χ0v) is 23.2. The van der Waals surface area contributed by atoms with Gasteiger partial charge in [-0.2, -0.15) is 0 Å². The fourth-order valence-corrected chi connectivity index (χ4v) is 5.33. The SMILES string of the molecule is CC=COc1cccc(COC2CN(C(C)(C)CCC(C(N)=O)(c3ccccc3)c3ccccc3)C2)c1Cl. The molecule has 2 N–H and O–H groups in total. The quantitative estimate of drug-likeness (QED) is 0.271. The van der Waals surface area contributed by atoms with Crippen molar-refractivity contribution in [2.24, 2.45) is 5.73 Å². The number of carbonyl (C=O) groups excluding carboxylic acids is 1. The van der Waals surface area contributed by atoms with Crippen molar-refractivity contribution in [1.82, 2.24) is 4.90 Å². The summed E-state index contributed by atoms with van der Waals surface area (Å²) in [5.74, 6) is 0.296. The minimum atomic E-state index is -0.892. The highest BCUT2D eigenvalue weighted by molar-refractivity contribution is 6.32. The zero-order chi connectivity index (χ0) is 27.2. The van der Waals surface area contributed by atoms with Crippen molar-refractivity contribution in [3.8, 4) is 5.75 Å². The Hall–Kier alpha value is -3.12. The molecule has 0 radical (unpaired) electrons. The van der Waals surface area contributed by atoms with Gasteiger partial charge in [0, 0.05) is 24.2 Å². The monoisotopic (exact) mass is 532 g/mol. The van der Waals surface area contributed by atoms with Crippen molar-refractivity contribution in [2.75, 3.05) is 13.1 Å². The number of hydrogen-bond acceptors (Lipinski definition) is 4. The number of likely N-dealkylation sites (tertiary alicyclic amines) is 1. The van der Waals surface area contributed by atoms with Gasteiger partial charge in [0.2, 0.25) is 5.91 Å². The first kappa shape index (κ1) is 27.9. The number of primary amides is 1. The van der Waals surface area contributed by atoms with E-state index in [2.05, 4.69) is 18.7 Å². The zero-order valence-electron chi connectivity index (χ0n) is 22.4. The molecule has 38 heavy (non-hydrogen) atoms. The molecule has 1 saturated heterocycles. The highest BCUT2D eigenvalue weighted by Gasteiger charge is 2.44. The van der Waals surface area contributed by atoms with E-state index in [4.69, 9.17) is 26.8 Å². The maximum Gasteiger partial charge on any atom is 0.232 e. The Morgan fingerprint density at radius 3 is 2.13 bits per heavy atom. The normalized spacial score (nSPS) is 14.9. The van der Waals surface area contributed by atoms with Crippen molar-refractivity contribution in [2.45, 2.75) is 57.3 Å². The third-order valence-corrected chi connectivity index (χ3v) is 8.05. The van der Waals surface area contributed by atoms with E-state index in [9.17, 15) is 4.79 Å². The molecule has 0 bridgehead atoms. The van der Waals surface area contributed by atoms with E-state index in [1.165, 1.54) is 0 Å². The molecule has 200 valence electrons. The van der Waals surface area contributed by atoms with Crippen molar-refractivity contribution in [3.05, 3.63) is 113 Å². The molecule has 0 saturated carbocycles. The van der Waals surface area contributed by atoms with Gasteiger partial charge in [0.15, 0.2) is 0 Å². The summed E-state index contributed by atoms with van der Waals surface area (Å²) < 4.78 is 11.7. The summed E-state index contributed by atoms with van der Waals surface area (Å²) in [5.41, 5.74) is 7.89. The number of allylic oxidation sites excluding steroid dienone is 1. The van der Waals surface area contributed by atoms with Gasteiger partial charge in [-0.05, 0) is 50.8 Å². The molecular formula is C32H37ClN2O3. The number of nitrogens with two attached hydrogens (primary N) is 1. The first-order chi connectivity index (χ1) is 18.3. The number of benzene rings is 3. The van der Waals surface area contributed by atoms with Crippen LogP contribution in [0.2, 0.25) is 5.02 Å².